The molecule has 2 atom stereocenters. The van der Waals surface area contributed by atoms with E-state index in [4.69, 9.17) is 16.5 Å². The standard InChI is InChI=1S/C18H44O4Si4/c1-6-7-8-9-10-11-12-13-14-15-16-17-18-26(5)21-24(3)19-23(2)20-25(4)22-26/h23-25H,6-18H2,1-5H3. The van der Waals surface area contributed by atoms with E-state index in [9.17, 15) is 0 Å². The molecule has 0 N–H and O–H groups in total. The molecule has 1 fully saturated rings. The van der Waals surface area contributed by atoms with E-state index >= 15 is 0 Å². The lowest BCUT2D eigenvalue weighted by Crippen LogP contribution is -2.52. The average Bonchev–Trinajstić information content (AvgIpc) is 2.54. The van der Waals surface area contributed by atoms with Crippen LogP contribution in [0.15, 0.2) is 0 Å². The molecule has 0 aromatic rings. The molecular formula is C18H44O4Si4. The Morgan fingerprint density at radius 1 is 0.577 bits per heavy atom. The lowest BCUT2D eigenvalue weighted by atomic mass is 10.1. The second kappa shape index (κ2) is 14.7. The highest BCUT2D eigenvalue weighted by molar-refractivity contribution is 6.81. The normalized spacial score (nSPS) is 30.1. The fourth-order valence-corrected chi connectivity index (χ4v) is 18.5. The van der Waals surface area contributed by atoms with Crippen LogP contribution in [0.5, 0.6) is 0 Å². The second-order valence-electron chi connectivity index (χ2n) is 7.98. The Balaban J connectivity index is 2.05. The van der Waals surface area contributed by atoms with Crippen molar-refractivity contribution in [2.24, 2.45) is 0 Å². The van der Waals surface area contributed by atoms with Crippen LogP contribution in [0.2, 0.25) is 32.2 Å². The molecule has 8 heteroatoms. The molecule has 156 valence electrons. The minimum atomic E-state index is -2.08. The highest BCUT2D eigenvalue weighted by Gasteiger charge is 2.38. The molecule has 1 aliphatic rings. The van der Waals surface area contributed by atoms with E-state index in [-0.39, 0.29) is 0 Å². The number of hydrogen-bond acceptors (Lipinski definition) is 4. The van der Waals surface area contributed by atoms with Gasteiger partial charge in [0.1, 0.15) is 0 Å². The van der Waals surface area contributed by atoms with E-state index in [1.54, 1.807) is 0 Å². The summed E-state index contributed by atoms with van der Waals surface area (Å²) >= 11 is 0. The van der Waals surface area contributed by atoms with E-state index in [1.807, 2.05) is 0 Å². The van der Waals surface area contributed by atoms with Crippen LogP contribution in [-0.2, 0) is 16.5 Å². The lowest BCUT2D eigenvalue weighted by molar-refractivity contribution is 0.273. The van der Waals surface area contributed by atoms with Crippen LogP contribution in [0.4, 0.5) is 0 Å². The van der Waals surface area contributed by atoms with Gasteiger partial charge in [-0.3, -0.25) is 0 Å². The summed E-state index contributed by atoms with van der Waals surface area (Å²) in [5, 5.41) is 0. The Kier molecular flexibility index (Phi) is 14.0. The predicted octanol–water partition coefficient (Wildman–Crippen LogP) is 5.39. The predicted molar refractivity (Wildman–Crippen MR) is 121 cm³/mol. The first-order valence-electron chi connectivity index (χ1n) is 11.1. The molecule has 1 rings (SSSR count). The van der Waals surface area contributed by atoms with Gasteiger partial charge in [-0.1, -0.05) is 84.0 Å². The summed E-state index contributed by atoms with van der Waals surface area (Å²) in [6, 6.07) is 1.10. The summed E-state index contributed by atoms with van der Waals surface area (Å²) in [6.45, 7) is 10.9. The fraction of sp³-hybridized carbons (Fsp3) is 1.00. The van der Waals surface area contributed by atoms with Crippen molar-refractivity contribution >= 4 is 36.4 Å². The zero-order chi connectivity index (χ0) is 19.3. The molecule has 4 nitrogen and oxygen atoms in total. The maximum atomic E-state index is 6.34. The Morgan fingerprint density at radius 2 is 0.962 bits per heavy atom. The van der Waals surface area contributed by atoms with E-state index in [0.717, 1.165) is 6.04 Å². The Bertz CT molecular complexity index is 335. The van der Waals surface area contributed by atoms with Crippen molar-refractivity contribution < 1.29 is 16.5 Å². The third-order valence-electron chi connectivity index (χ3n) is 5.08. The molecule has 1 aliphatic heterocycles. The largest absolute Gasteiger partial charge is 0.420 e. The molecular weight excluding hydrogens is 393 g/mol. The molecule has 26 heavy (non-hydrogen) atoms. The van der Waals surface area contributed by atoms with E-state index in [2.05, 4.69) is 33.1 Å². The lowest BCUT2D eigenvalue weighted by Gasteiger charge is -2.37. The Morgan fingerprint density at radius 3 is 1.38 bits per heavy atom. The summed E-state index contributed by atoms with van der Waals surface area (Å²) in [5.74, 6) is 0. The monoisotopic (exact) mass is 436 g/mol. The summed E-state index contributed by atoms with van der Waals surface area (Å²) < 4.78 is 24.7. The molecule has 2 unspecified atom stereocenters. The molecule has 1 heterocycles. The van der Waals surface area contributed by atoms with Gasteiger partial charge >= 0.3 is 8.56 Å². The van der Waals surface area contributed by atoms with E-state index in [0.29, 0.717) is 0 Å². The third kappa shape index (κ3) is 12.2. The first-order valence-corrected chi connectivity index (χ1v) is 19.9. The summed E-state index contributed by atoms with van der Waals surface area (Å²) in [5.41, 5.74) is 0. The summed E-state index contributed by atoms with van der Waals surface area (Å²) in [6.07, 6.45) is 16.6. The van der Waals surface area contributed by atoms with Gasteiger partial charge in [0, 0.05) is 0 Å². The van der Waals surface area contributed by atoms with Crippen molar-refractivity contribution in [1.29, 1.82) is 0 Å². The smallest absolute Gasteiger partial charge is 0.316 e. The molecule has 0 amide bonds. The van der Waals surface area contributed by atoms with Crippen LogP contribution in [0, 0.1) is 0 Å². The topological polar surface area (TPSA) is 36.9 Å². The minimum Gasteiger partial charge on any atom is -0.420 e. The number of hydrogen-bond donors (Lipinski definition) is 0. The molecule has 0 aliphatic carbocycles. The first-order chi connectivity index (χ1) is 12.4. The van der Waals surface area contributed by atoms with Gasteiger partial charge in [0.15, 0.2) is 0 Å². The molecule has 0 bridgehead atoms. The van der Waals surface area contributed by atoms with Gasteiger partial charge in [-0.05, 0) is 32.2 Å². The van der Waals surface area contributed by atoms with E-state index < -0.39 is 36.4 Å². The number of rotatable bonds is 13. The van der Waals surface area contributed by atoms with Crippen molar-refractivity contribution in [2.45, 2.75) is 116 Å². The van der Waals surface area contributed by atoms with Crippen LogP contribution in [0.25, 0.3) is 0 Å². The highest BCUT2D eigenvalue weighted by atomic mass is 28.5. The molecule has 0 spiro atoms. The van der Waals surface area contributed by atoms with Gasteiger partial charge in [-0.25, -0.2) is 0 Å². The Hall–Kier alpha value is 0.708. The van der Waals surface area contributed by atoms with Crippen LogP contribution < -0.4 is 0 Å². The maximum Gasteiger partial charge on any atom is 0.316 e. The fourth-order valence-electron chi connectivity index (χ4n) is 3.76. The van der Waals surface area contributed by atoms with Crippen LogP contribution in [0.1, 0.15) is 84.0 Å². The van der Waals surface area contributed by atoms with Gasteiger partial charge in [-0.15, -0.1) is 0 Å². The van der Waals surface area contributed by atoms with Crippen molar-refractivity contribution in [1.82, 2.24) is 0 Å². The first kappa shape index (κ1) is 24.7. The van der Waals surface area contributed by atoms with Crippen LogP contribution >= 0.6 is 0 Å². The summed E-state index contributed by atoms with van der Waals surface area (Å²) in [4.78, 5) is 0. The molecule has 0 saturated carbocycles. The van der Waals surface area contributed by atoms with Crippen molar-refractivity contribution in [3.05, 3.63) is 0 Å². The maximum absolute atomic E-state index is 6.34. The van der Waals surface area contributed by atoms with Gasteiger partial charge in [0.25, 0.3) is 27.9 Å². The second-order valence-corrected chi connectivity index (χ2v) is 18.2. The molecule has 0 aromatic heterocycles. The Labute approximate surface area is 169 Å². The third-order valence-corrected chi connectivity index (χ3v) is 19.1. The zero-order valence-electron chi connectivity index (χ0n) is 18.1. The van der Waals surface area contributed by atoms with Gasteiger partial charge in [-0.2, -0.15) is 0 Å². The minimum absolute atomic E-state index is 1.10. The van der Waals surface area contributed by atoms with E-state index in [1.165, 1.54) is 77.0 Å². The molecule has 0 aromatic carbocycles. The summed E-state index contributed by atoms with van der Waals surface area (Å²) in [7, 11) is -6.73. The average molecular weight is 437 g/mol. The van der Waals surface area contributed by atoms with Crippen molar-refractivity contribution in [3.63, 3.8) is 0 Å². The molecule has 0 radical (unpaired) electrons. The van der Waals surface area contributed by atoms with Crippen LogP contribution in [0.3, 0.4) is 0 Å². The van der Waals surface area contributed by atoms with Gasteiger partial charge in [0.05, 0.1) is 0 Å². The zero-order valence-corrected chi connectivity index (χ0v) is 22.5. The quantitative estimate of drug-likeness (QED) is 0.286. The SMILES string of the molecule is CCCCCCCCCCCCCC[Si]1(C)O[SiH](C)O[SiH](C)O[SiH](C)O1. The van der Waals surface area contributed by atoms with Crippen molar-refractivity contribution in [2.75, 3.05) is 0 Å². The highest BCUT2D eigenvalue weighted by Crippen LogP contribution is 2.23. The van der Waals surface area contributed by atoms with Crippen molar-refractivity contribution in [3.8, 4) is 0 Å². The van der Waals surface area contributed by atoms with Gasteiger partial charge in [0.2, 0.25) is 0 Å². The van der Waals surface area contributed by atoms with Crippen LogP contribution in [-0.4, -0.2) is 36.4 Å². The number of unbranched alkanes of at least 4 members (excludes halogenated alkanes) is 11. The van der Waals surface area contributed by atoms with Gasteiger partial charge < -0.3 is 16.5 Å². The molecule has 1 saturated heterocycles.